The minimum Gasteiger partial charge on any atom is -0.385 e. The van der Waals surface area contributed by atoms with E-state index in [9.17, 15) is 5.11 Å². The van der Waals surface area contributed by atoms with Crippen LogP contribution < -0.4 is 0 Å². The predicted octanol–water partition coefficient (Wildman–Crippen LogP) is 2.15. The maximum atomic E-state index is 10.4. The summed E-state index contributed by atoms with van der Waals surface area (Å²) in [7, 11) is 0. The van der Waals surface area contributed by atoms with E-state index in [-0.39, 0.29) is 5.54 Å². The van der Waals surface area contributed by atoms with Gasteiger partial charge in [-0.1, -0.05) is 12.8 Å². The minimum atomic E-state index is -0.580. The van der Waals surface area contributed by atoms with E-state index in [4.69, 9.17) is 0 Å². The third kappa shape index (κ3) is 1.41. The molecule has 0 radical (unpaired) electrons. The summed E-state index contributed by atoms with van der Waals surface area (Å²) in [5.74, 6) is 0. The first-order chi connectivity index (χ1) is 7.12. The SMILES string of the molecule is CC1(n2cc(C3(O)CCCC3)cn2)CC1. The van der Waals surface area contributed by atoms with Crippen LogP contribution in [0.1, 0.15) is 51.0 Å². The molecule has 3 nitrogen and oxygen atoms in total. The largest absolute Gasteiger partial charge is 0.385 e. The minimum absolute atomic E-state index is 0.243. The Labute approximate surface area is 90.1 Å². The molecule has 0 aliphatic heterocycles. The molecular formula is C12H18N2O. The second-order valence-corrected chi connectivity index (χ2v) is 5.41. The first-order valence-corrected chi connectivity index (χ1v) is 5.91. The molecule has 1 aromatic rings. The summed E-state index contributed by atoms with van der Waals surface area (Å²) in [6.07, 6.45) is 10.4. The molecule has 0 unspecified atom stereocenters. The lowest BCUT2D eigenvalue weighted by atomic mass is 9.95. The van der Waals surface area contributed by atoms with E-state index in [1.165, 1.54) is 12.8 Å². The second-order valence-electron chi connectivity index (χ2n) is 5.41. The van der Waals surface area contributed by atoms with E-state index < -0.39 is 5.60 Å². The highest BCUT2D eigenvalue weighted by atomic mass is 16.3. The Hall–Kier alpha value is -0.830. The van der Waals surface area contributed by atoms with E-state index in [2.05, 4.69) is 18.2 Å². The molecule has 0 atom stereocenters. The van der Waals surface area contributed by atoms with Gasteiger partial charge in [0.05, 0.1) is 17.3 Å². The molecule has 1 N–H and O–H groups in total. The standard InChI is InChI=1S/C12H18N2O/c1-11(6-7-11)14-9-10(8-13-14)12(15)4-2-3-5-12/h8-9,15H,2-7H2,1H3. The average molecular weight is 206 g/mol. The first kappa shape index (κ1) is 9.40. The summed E-state index contributed by atoms with van der Waals surface area (Å²) in [4.78, 5) is 0. The van der Waals surface area contributed by atoms with Crippen molar-refractivity contribution in [3.63, 3.8) is 0 Å². The fourth-order valence-corrected chi connectivity index (χ4v) is 2.52. The van der Waals surface area contributed by atoms with E-state index in [1.807, 2.05) is 10.9 Å². The molecule has 82 valence electrons. The molecule has 2 aliphatic rings. The molecule has 2 aliphatic carbocycles. The smallest absolute Gasteiger partial charge is 0.0926 e. The van der Waals surface area contributed by atoms with Crippen molar-refractivity contribution in [3.8, 4) is 0 Å². The van der Waals surface area contributed by atoms with Crippen molar-refractivity contribution in [1.29, 1.82) is 0 Å². The monoisotopic (exact) mass is 206 g/mol. The van der Waals surface area contributed by atoms with Crippen LogP contribution in [0.5, 0.6) is 0 Å². The highest BCUT2D eigenvalue weighted by Crippen LogP contribution is 2.44. The zero-order valence-corrected chi connectivity index (χ0v) is 9.24. The molecule has 0 amide bonds. The number of hydrogen-bond acceptors (Lipinski definition) is 2. The van der Waals surface area contributed by atoms with Crippen molar-refractivity contribution in [2.45, 2.75) is 56.6 Å². The summed E-state index contributed by atoms with van der Waals surface area (Å²) < 4.78 is 2.04. The Bertz CT molecular complexity index is 373. The molecule has 1 aromatic heterocycles. The molecule has 1 heterocycles. The zero-order valence-electron chi connectivity index (χ0n) is 9.24. The normalized spacial score (nSPS) is 26.8. The van der Waals surface area contributed by atoms with Gasteiger partial charge in [-0.2, -0.15) is 5.10 Å². The molecule has 15 heavy (non-hydrogen) atoms. The van der Waals surface area contributed by atoms with Crippen LogP contribution in [0.25, 0.3) is 0 Å². The van der Waals surface area contributed by atoms with E-state index in [0.29, 0.717) is 0 Å². The summed E-state index contributed by atoms with van der Waals surface area (Å²) in [5.41, 5.74) is 0.685. The van der Waals surface area contributed by atoms with Crippen LogP contribution in [-0.4, -0.2) is 14.9 Å². The Balaban J connectivity index is 1.90. The van der Waals surface area contributed by atoms with Crippen LogP contribution in [0.3, 0.4) is 0 Å². The van der Waals surface area contributed by atoms with Crippen LogP contribution in [0.2, 0.25) is 0 Å². The molecule has 2 saturated carbocycles. The van der Waals surface area contributed by atoms with E-state index in [1.54, 1.807) is 0 Å². The van der Waals surface area contributed by atoms with Crippen LogP contribution in [0.4, 0.5) is 0 Å². The average Bonchev–Trinajstić information content (AvgIpc) is 2.74. The fourth-order valence-electron chi connectivity index (χ4n) is 2.52. The van der Waals surface area contributed by atoms with Crippen molar-refractivity contribution in [1.82, 2.24) is 9.78 Å². The van der Waals surface area contributed by atoms with Gasteiger partial charge in [0, 0.05) is 11.8 Å². The summed E-state index contributed by atoms with van der Waals surface area (Å²) in [5, 5.41) is 14.8. The summed E-state index contributed by atoms with van der Waals surface area (Å²) in [6, 6.07) is 0. The Morgan fingerprint density at radius 1 is 1.27 bits per heavy atom. The number of aromatic nitrogens is 2. The molecule has 3 heteroatoms. The van der Waals surface area contributed by atoms with Crippen molar-refractivity contribution in [2.75, 3.05) is 0 Å². The maximum absolute atomic E-state index is 10.4. The van der Waals surface area contributed by atoms with Crippen molar-refractivity contribution in [3.05, 3.63) is 18.0 Å². The molecule has 3 rings (SSSR count). The zero-order chi connectivity index (χ0) is 10.5. The summed E-state index contributed by atoms with van der Waals surface area (Å²) in [6.45, 7) is 2.22. The highest BCUT2D eigenvalue weighted by molar-refractivity contribution is 5.18. The number of aliphatic hydroxyl groups is 1. The van der Waals surface area contributed by atoms with Gasteiger partial charge in [-0.15, -0.1) is 0 Å². The van der Waals surface area contributed by atoms with Gasteiger partial charge >= 0.3 is 0 Å². The van der Waals surface area contributed by atoms with Crippen molar-refractivity contribution >= 4 is 0 Å². The van der Waals surface area contributed by atoms with Gasteiger partial charge in [-0.05, 0) is 32.6 Å². The summed E-state index contributed by atoms with van der Waals surface area (Å²) >= 11 is 0. The fraction of sp³-hybridized carbons (Fsp3) is 0.750. The Kier molecular flexibility index (Phi) is 1.78. The van der Waals surface area contributed by atoms with Crippen LogP contribution in [0, 0.1) is 0 Å². The lowest BCUT2D eigenvalue weighted by Gasteiger charge is -2.20. The van der Waals surface area contributed by atoms with Gasteiger partial charge in [-0.25, -0.2) is 0 Å². The lowest BCUT2D eigenvalue weighted by molar-refractivity contribution is 0.0443. The first-order valence-electron chi connectivity index (χ1n) is 5.91. The van der Waals surface area contributed by atoms with E-state index >= 15 is 0 Å². The molecule has 0 aromatic carbocycles. The van der Waals surface area contributed by atoms with Gasteiger partial charge in [0.15, 0.2) is 0 Å². The topological polar surface area (TPSA) is 38.0 Å². The van der Waals surface area contributed by atoms with Gasteiger partial charge in [0.1, 0.15) is 0 Å². The van der Waals surface area contributed by atoms with Crippen molar-refractivity contribution < 1.29 is 5.11 Å². The number of rotatable bonds is 2. The third-order valence-electron chi connectivity index (χ3n) is 4.08. The molecular weight excluding hydrogens is 188 g/mol. The van der Waals surface area contributed by atoms with Gasteiger partial charge in [0.2, 0.25) is 0 Å². The Morgan fingerprint density at radius 3 is 2.53 bits per heavy atom. The number of nitrogens with zero attached hydrogens (tertiary/aromatic N) is 2. The number of hydrogen-bond donors (Lipinski definition) is 1. The Morgan fingerprint density at radius 2 is 1.93 bits per heavy atom. The van der Waals surface area contributed by atoms with Gasteiger partial charge in [-0.3, -0.25) is 4.68 Å². The quantitative estimate of drug-likeness (QED) is 0.805. The molecule has 0 saturated heterocycles. The second kappa shape index (κ2) is 2.85. The third-order valence-corrected chi connectivity index (χ3v) is 4.08. The molecule has 2 fully saturated rings. The van der Waals surface area contributed by atoms with Crippen LogP contribution >= 0.6 is 0 Å². The van der Waals surface area contributed by atoms with Crippen LogP contribution in [-0.2, 0) is 11.1 Å². The highest BCUT2D eigenvalue weighted by Gasteiger charge is 2.42. The van der Waals surface area contributed by atoms with E-state index in [0.717, 1.165) is 31.2 Å². The predicted molar refractivity (Wildman–Crippen MR) is 57.5 cm³/mol. The van der Waals surface area contributed by atoms with Crippen molar-refractivity contribution in [2.24, 2.45) is 0 Å². The van der Waals surface area contributed by atoms with Gasteiger partial charge < -0.3 is 5.11 Å². The van der Waals surface area contributed by atoms with Crippen LogP contribution in [0.15, 0.2) is 12.4 Å². The maximum Gasteiger partial charge on any atom is 0.0926 e. The molecule has 0 bridgehead atoms. The van der Waals surface area contributed by atoms with Gasteiger partial charge in [0.25, 0.3) is 0 Å². The lowest BCUT2D eigenvalue weighted by Crippen LogP contribution is -2.20. The molecule has 0 spiro atoms.